The minimum absolute atomic E-state index is 0.0512. The number of amides is 1. The number of anilines is 1. The molecule has 0 radical (unpaired) electrons. The first-order valence-electron chi connectivity index (χ1n) is 9.58. The van der Waals surface area contributed by atoms with Crippen molar-refractivity contribution >= 4 is 11.6 Å². The van der Waals surface area contributed by atoms with Crippen LogP contribution in [0.5, 0.6) is 17.5 Å². The number of nitrogens with zero attached hydrogens (tertiary/aromatic N) is 2. The molecule has 1 N–H and O–H groups in total. The molecular formula is C23H25N3O3. The first kappa shape index (κ1) is 20.3. The van der Waals surface area contributed by atoms with Gasteiger partial charge in [0.15, 0.2) is 0 Å². The number of rotatable bonds is 8. The van der Waals surface area contributed by atoms with E-state index in [0.717, 1.165) is 22.7 Å². The van der Waals surface area contributed by atoms with E-state index in [-0.39, 0.29) is 5.91 Å². The molecule has 3 aromatic rings. The fraction of sp³-hybridized carbons (Fsp3) is 0.261. The average Bonchev–Trinajstić information content (AvgIpc) is 2.67. The molecule has 0 unspecified atom stereocenters. The predicted molar refractivity (Wildman–Crippen MR) is 113 cm³/mol. The Kier molecular flexibility index (Phi) is 6.79. The van der Waals surface area contributed by atoms with Crippen LogP contribution in [0.4, 0.5) is 5.69 Å². The van der Waals surface area contributed by atoms with E-state index in [2.05, 4.69) is 15.3 Å². The van der Waals surface area contributed by atoms with E-state index in [1.54, 1.807) is 24.3 Å². The number of carbonyl (C=O) groups is 1. The Balaban J connectivity index is 1.44. The van der Waals surface area contributed by atoms with E-state index >= 15 is 0 Å². The summed E-state index contributed by atoms with van der Waals surface area (Å²) in [6.45, 7) is 6.29. The number of carbonyl (C=O) groups excluding carboxylic acids is 1. The van der Waals surface area contributed by atoms with Gasteiger partial charge in [-0.05, 0) is 69.2 Å². The summed E-state index contributed by atoms with van der Waals surface area (Å²) in [6, 6.07) is 17.2. The Bertz CT molecular complexity index is 951. The van der Waals surface area contributed by atoms with Crippen molar-refractivity contribution in [3.05, 3.63) is 71.5 Å². The number of hydrogen-bond donors (Lipinski definition) is 1. The molecule has 0 saturated heterocycles. The lowest BCUT2D eigenvalue weighted by molar-refractivity contribution is -0.116. The zero-order valence-electron chi connectivity index (χ0n) is 16.9. The van der Waals surface area contributed by atoms with Crippen LogP contribution in [0.2, 0.25) is 0 Å². The highest BCUT2D eigenvalue weighted by Gasteiger charge is 2.06. The minimum Gasteiger partial charge on any atom is -0.493 e. The molecule has 0 fully saturated rings. The van der Waals surface area contributed by atoms with Gasteiger partial charge in [0.05, 0.1) is 6.61 Å². The molecule has 0 bridgehead atoms. The van der Waals surface area contributed by atoms with Gasteiger partial charge in [-0.15, -0.1) is 0 Å². The van der Waals surface area contributed by atoms with Crippen molar-refractivity contribution in [1.82, 2.24) is 9.97 Å². The molecule has 6 nitrogen and oxygen atoms in total. The van der Waals surface area contributed by atoms with Crippen molar-refractivity contribution in [1.29, 1.82) is 0 Å². The van der Waals surface area contributed by atoms with Gasteiger partial charge in [-0.2, -0.15) is 0 Å². The van der Waals surface area contributed by atoms with E-state index in [1.807, 2.05) is 51.1 Å². The Morgan fingerprint density at radius 1 is 0.966 bits per heavy atom. The molecule has 0 spiro atoms. The first-order valence-corrected chi connectivity index (χ1v) is 9.58. The average molecular weight is 391 g/mol. The van der Waals surface area contributed by atoms with Gasteiger partial charge in [-0.3, -0.25) is 4.79 Å². The van der Waals surface area contributed by atoms with Gasteiger partial charge in [-0.25, -0.2) is 9.97 Å². The topological polar surface area (TPSA) is 73.3 Å². The van der Waals surface area contributed by atoms with Crippen LogP contribution in [0, 0.1) is 20.8 Å². The molecule has 0 atom stereocenters. The molecule has 3 rings (SSSR count). The van der Waals surface area contributed by atoms with Gasteiger partial charge in [0.25, 0.3) is 0 Å². The van der Waals surface area contributed by atoms with Crippen molar-refractivity contribution in [2.45, 2.75) is 33.6 Å². The van der Waals surface area contributed by atoms with Crippen molar-refractivity contribution < 1.29 is 14.3 Å². The Labute approximate surface area is 170 Å². The van der Waals surface area contributed by atoms with Crippen LogP contribution in [-0.2, 0) is 4.79 Å². The third-order valence-corrected chi connectivity index (χ3v) is 4.21. The quantitative estimate of drug-likeness (QED) is 0.548. The first-order chi connectivity index (χ1) is 14.0. The third kappa shape index (κ3) is 6.31. The summed E-state index contributed by atoms with van der Waals surface area (Å²) in [5.74, 6) is 1.42. The Morgan fingerprint density at radius 2 is 1.66 bits per heavy atom. The number of aryl methyl sites for hydroxylation is 3. The molecule has 6 heteroatoms. The van der Waals surface area contributed by atoms with Gasteiger partial charge < -0.3 is 14.8 Å². The smallest absolute Gasteiger partial charge is 0.322 e. The van der Waals surface area contributed by atoms with Crippen LogP contribution in [0.15, 0.2) is 54.6 Å². The second-order valence-corrected chi connectivity index (χ2v) is 6.83. The molecule has 0 aliphatic heterocycles. The van der Waals surface area contributed by atoms with E-state index < -0.39 is 0 Å². The van der Waals surface area contributed by atoms with Gasteiger partial charge >= 0.3 is 6.01 Å². The molecule has 1 aromatic heterocycles. The lowest BCUT2D eigenvalue weighted by atomic mass is 10.2. The maximum absolute atomic E-state index is 12.1. The van der Waals surface area contributed by atoms with E-state index in [4.69, 9.17) is 9.47 Å². The third-order valence-electron chi connectivity index (χ3n) is 4.21. The molecule has 150 valence electrons. The van der Waals surface area contributed by atoms with Crippen molar-refractivity contribution in [3.8, 4) is 17.5 Å². The fourth-order valence-electron chi connectivity index (χ4n) is 2.81. The highest BCUT2D eigenvalue weighted by atomic mass is 16.5. The van der Waals surface area contributed by atoms with Gasteiger partial charge in [0.1, 0.15) is 11.5 Å². The molecule has 0 aliphatic rings. The van der Waals surface area contributed by atoms with Crippen LogP contribution < -0.4 is 14.8 Å². The molecule has 1 heterocycles. The van der Waals surface area contributed by atoms with E-state index in [0.29, 0.717) is 36.9 Å². The standard InChI is InChI=1S/C23H25N3O3/c1-16-7-4-5-8-21(16)28-14-6-9-22(27)26-19-10-12-20(13-11-19)29-23-24-17(2)15-18(3)25-23/h4-5,7-8,10-13,15H,6,9,14H2,1-3H3,(H,26,27). The highest BCUT2D eigenvalue weighted by Crippen LogP contribution is 2.21. The largest absolute Gasteiger partial charge is 0.493 e. The second-order valence-electron chi connectivity index (χ2n) is 6.83. The van der Waals surface area contributed by atoms with Crippen LogP contribution >= 0.6 is 0 Å². The molecule has 1 amide bonds. The molecule has 0 aliphatic carbocycles. The fourth-order valence-corrected chi connectivity index (χ4v) is 2.81. The maximum atomic E-state index is 12.1. The van der Waals surface area contributed by atoms with Gasteiger partial charge in [-0.1, -0.05) is 18.2 Å². The number of aromatic nitrogens is 2. The molecular weight excluding hydrogens is 366 g/mol. The summed E-state index contributed by atoms with van der Waals surface area (Å²) in [4.78, 5) is 20.6. The van der Waals surface area contributed by atoms with Gasteiger partial charge in [0.2, 0.25) is 5.91 Å². The summed E-state index contributed by atoms with van der Waals surface area (Å²) >= 11 is 0. The van der Waals surface area contributed by atoms with Crippen LogP contribution in [0.1, 0.15) is 29.8 Å². The zero-order valence-corrected chi connectivity index (χ0v) is 16.9. The monoisotopic (exact) mass is 391 g/mol. The summed E-state index contributed by atoms with van der Waals surface area (Å²) in [6.07, 6.45) is 1.03. The van der Waals surface area contributed by atoms with Crippen LogP contribution in [-0.4, -0.2) is 22.5 Å². The Morgan fingerprint density at radius 3 is 2.34 bits per heavy atom. The highest BCUT2D eigenvalue weighted by molar-refractivity contribution is 5.90. The maximum Gasteiger partial charge on any atom is 0.322 e. The summed E-state index contributed by atoms with van der Waals surface area (Å²) in [5, 5.41) is 2.88. The van der Waals surface area contributed by atoms with E-state index in [9.17, 15) is 4.79 Å². The summed E-state index contributed by atoms with van der Waals surface area (Å²) < 4.78 is 11.4. The minimum atomic E-state index is -0.0512. The Hall–Kier alpha value is -3.41. The second kappa shape index (κ2) is 9.68. The van der Waals surface area contributed by atoms with Crippen LogP contribution in [0.25, 0.3) is 0 Å². The zero-order chi connectivity index (χ0) is 20.6. The predicted octanol–water partition coefficient (Wildman–Crippen LogP) is 4.99. The number of nitrogens with one attached hydrogen (secondary N) is 1. The summed E-state index contributed by atoms with van der Waals surface area (Å²) in [5.41, 5.74) is 3.50. The number of benzene rings is 2. The number of para-hydroxylation sites is 1. The van der Waals surface area contributed by atoms with Crippen LogP contribution in [0.3, 0.4) is 0 Å². The molecule has 0 saturated carbocycles. The molecule has 29 heavy (non-hydrogen) atoms. The van der Waals surface area contributed by atoms with Gasteiger partial charge in [0, 0.05) is 23.5 Å². The van der Waals surface area contributed by atoms with Crippen molar-refractivity contribution in [2.24, 2.45) is 0 Å². The number of ether oxygens (including phenoxy) is 2. The SMILES string of the molecule is Cc1cc(C)nc(Oc2ccc(NC(=O)CCCOc3ccccc3C)cc2)n1. The lowest BCUT2D eigenvalue weighted by Gasteiger charge is -2.09. The normalized spacial score (nSPS) is 10.4. The van der Waals surface area contributed by atoms with Crippen molar-refractivity contribution in [2.75, 3.05) is 11.9 Å². The molecule has 2 aromatic carbocycles. The summed E-state index contributed by atoms with van der Waals surface area (Å²) in [7, 11) is 0. The van der Waals surface area contributed by atoms with Crippen molar-refractivity contribution in [3.63, 3.8) is 0 Å². The number of hydrogen-bond acceptors (Lipinski definition) is 5. The lowest BCUT2D eigenvalue weighted by Crippen LogP contribution is -2.12. The van der Waals surface area contributed by atoms with E-state index in [1.165, 1.54) is 0 Å².